The Bertz CT molecular complexity index is 534. The van der Waals surface area contributed by atoms with Gasteiger partial charge in [-0.05, 0) is 19.1 Å². The molecule has 3 rings (SSSR count). The molecule has 2 N–H and O–H groups in total. The van der Waals surface area contributed by atoms with Gasteiger partial charge in [0, 0.05) is 4.88 Å². The average molecular weight is 248 g/mol. The molecule has 0 bridgehead atoms. The Balaban J connectivity index is 1.89. The highest BCUT2D eigenvalue weighted by atomic mass is 32.1. The summed E-state index contributed by atoms with van der Waals surface area (Å²) in [5, 5.41) is 0.870. The number of fused-ring (bicyclic) bond motifs is 1. The molecule has 0 fully saturated rings. The van der Waals surface area contributed by atoms with Crippen LogP contribution in [-0.4, -0.2) is 11.6 Å². The van der Waals surface area contributed by atoms with E-state index in [9.17, 15) is 0 Å². The molecule has 0 amide bonds. The van der Waals surface area contributed by atoms with E-state index in [-0.39, 0.29) is 6.10 Å². The summed E-state index contributed by atoms with van der Waals surface area (Å²) in [5.74, 6) is 2.12. The number of benzene rings is 1. The second-order valence-electron chi connectivity index (χ2n) is 3.86. The van der Waals surface area contributed by atoms with Crippen LogP contribution in [0.25, 0.3) is 0 Å². The Morgan fingerprint density at radius 2 is 2.12 bits per heavy atom. The maximum absolute atomic E-state index is 5.85. The van der Waals surface area contributed by atoms with Gasteiger partial charge < -0.3 is 15.2 Å². The smallest absolute Gasteiger partial charge is 0.184 e. The summed E-state index contributed by atoms with van der Waals surface area (Å²) in [6.45, 7) is 2.43. The lowest BCUT2D eigenvalue weighted by atomic mass is 10.2. The molecule has 0 aliphatic carbocycles. The largest absolute Gasteiger partial charge is 0.485 e. The number of anilines is 1. The molecule has 4 nitrogen and oxygen atoms in total. The fourth-order valence-electron chi connectivity index (χ4n) is 1.71. The van der Waals surface area contributed by atoms with Gasteiger partial charge in [0.25, 0.3) is 0 Å². The van der Waals surface area contributed by atoms with Crippen LogP contribution in [0.5, 0.6) is 11.5 Å². The maximum atomic E-state index is 5.85. The molecule has 1 aromatic carbocycles. The molecular weight excluding hydrogens is 236 g/mol. The zero-order valence-electron chi connectivity index (χ0n) is 9.34. The van der Waals surface area contributed by atoms with Gasteiger partial charge >= 0.3 is 0 Å². The third kappa shape index (κ3) is 1.82. The standard InChI is InChI=1S/C12H12N2O2S/c1-7-11(13)14-12(17-7)10-6-15-8-4-2-3-5-9(8)16-10/h2-5,10H,6,13H2,1H3. The van der Waals surface area contributed by atoms with Crippen molar-refractivity contribution in [1.29, 1.82) is 0 Å². The minimum atomic E-state index is -0.161. The van der Waals surface area contributed by atoms with Crippen LogP contribution in [0.4, 0.5) is 5.82 Å². The van der Waals surface area contributed by atoms with Crippen molar-refractivity contribution < 1.29 is 9.47 Å². The van der Waals surface area contributed by atoms with Crippen molar-refractivity contribution in [1.82, 2.24) is 4.98 Å². The molecule has 5 heteroatoms. The zero-order valence-corrected chi connectivity index (χ0v) is 10.2. The van der Waals surface area contributed by atoms with Crippen LogP contribution >= 0.6 is 11.3 Å². The van der Waals surface area contributed by atoms with Crippen LogP contribution in [0.3, 0.4) is 0 Å². The topological polar surface area (TPSA) is 57.4 Å². The predicted molar refractivity (Wildman–Crippen MR) is 66.6 cm³/mol. The number of nitrogens with two attached hydrogens (primary N) is 1. The minimum Gasteiger partial charge on any atom is -0.485 e. The van der Waals surface area contributed by atoms with E-state index in [1.165, 1.54) is 0 Å². The number of aromatic nitrogens is 1. The third-order valence-electron chi connectivity index (χ3n) is 2.63. The number of aryl methyl sites for hydroxylation is 1. The molecule has 2 heterocycles. The molecule has 88 valence electrons. The fourth-order valence-corrected chi connectivity index (χ4v) is 2.56. The normalized spacial score (nSPS) is 18.1. The van der Waals surface area contributed by atoms with Crippen LogP contribution in [0.15, 0.2) is 24.3 Å². The molecule has 1 atom stereocenters. The van der Waals surface area contributed by atoms with Crippen molar-refractivity contribution in [2.45, 2.75) is 13.0 Å². The first-order valence-electron chi connectivity index (χ1n) is 5.35. The second-order valence-corrected chi connectivity index (χ2v) is 5.09. The van der Waals surface area contributed by atoms with Gasteiger partial charge in [0.1, 0.15) is 17.4 Å². The molecule has 1 aliphatic heterocycles. The first-order valence-corrected chi connectivity index (χ1v) is 6.17. The molecule has 2 aromatic rings. The van der Waals surface area contributed by atoms with E-state index < -0.39 is 0 Å². The first-order chi connectivity index (χ1) is 8.24. The highest BCUT2D eigenvalue weighted by Gasteiger charge is 2.25. The summed E-state index contributed by atoms with van der Waals surface area (Å²) in [4.78, 5) is 5.31. The second kappa shape index (κ2) is 3.92. The Labute approximate surface area is 103 Å². The lowest BCUT2D eigenvalue weighted by molar-refractivity contribution is 0.0911. The molecule has 0 saturated heterocycles. The van der Waals surface area contributed by atoms with Crippen LogP contribution in [0.2, 0.25) is 0 Å². The van der Waals surface area contributed by atoms with Crippen molar-refractivity contribution in [3.05, 3.63) is 34.2 Å². The van der Waals surface area contributed by atoms with Crippen LogP contribution in [-0.2, 0) is 0 Å². The van der Waals surface area contributed by atoms with Gasteiger partial charge in [-0.25, -0.2) is 4.98 Å². The highest BCUT2D eigenvalue weighted by Crippen LogP contribution is 2.37. The number of nitrogens with zero attached hydrogens (tertiary/aromatic N) is 1. The Morgan fingerprint density at radius 3 is 2.82 bits per heavy atom. The van der Waals surface area contributed by atoms with Crippen molar-refractivity contribution in [2.75, 3.05) is 12.3 Å². The van der Waals surface area contributed by atoms with E-state index in [1.54, 1.807) is 11.3 Å². The molecular formula is C12H12N2O2S. The van der Waals surface area contributed by atoms with Gasteiger partial charge in [-0.3, -0.25) is 0 Å². The van der Waals surface area contributed by atoms with E-state index >= 15 is 0 Å². The van der Waals surface area contributed by atoms with Crippen molar-refractivity contribution >= 4 is 17.2 Å². The summed E-state index contributed by atoms with van der Waals surface area (Å²) in [7, 11) is 0. The summed E-state index contributed by atoms with van der Waals surface area (Å²) < 4.78 is 11.5. The van der Waals surface area contributed by atoms with Crippen LogP contribution in [0.1, 0.15) is 16.0 Å². The molecule has 1 unspecified atom stereocenters. The molecule has 1 aliphatic rings. The van der Waals surface area contributed by atoms with Gasteiger partial charge in [0.15, 0.2) is 17.6 Å². The number of ether oxygens (including phenoxy) is 2. The summed E-state index contributed by atoms with van der Waals surface area (Å²) >= 11 is 1.55. The lowest BCUT2D eigenvalue weighted by Crippen LogP contribution is -2.21. The Kier molecular flexibility index (Phi) is 2.40. The monoisotopic (exact) mass is 248 g/mol. The van der Waals surface area contributed by atoms with Gasteiger partial charge in [-0.15, -0.1) is 11.3 Å². The van der Waals surface area contributed by atoms with Gasteiger partial charge in [0.2, 0.25) is 0 Å². The number of thiazole rings is 1. The number of rotatable bonds is 1. The molecule has 0 spiro atoms. The Morgan fingerprint density at radius 1 is 1.35 bits per heavy atom. The van der Waals surface area contributed by atoms with Crippen molar-refractivity contribution in [2.24, 2.45) is 0 Å². The number of para-hydroxylation sites is 2. The lowest BCUT2D eigenvalue weighted by Gasteiger charge is -2.24. The predicted octanol–water partition coefficient (Wildman–Crippen LogP) is 2.55. The minimum absolute atomic E-state index is 0.161. The van der Waals surface area contributed by atoms with Gasteiger partial charge in [-0.1, -0.05) is 12.1 Å². The number of hydrogen-bond acceptors (Lipinski definition) is 5. The van der Waals surface area contributed by atoms with E-state index in [4.69, 9.17) is 15.2 Å². The number of hydrogen-bond donors (Lipinski definition) is 1. The van der Waals surface area contributed by atoms with E-state index in [1.807, 2.05) is 31.2 Å². The third-order valence-corrected chi connectivity index (χ3v) is 3.71. The zero-order chi connectivity index (χ0) is 11.8. The molecule has 0 saturated carbocycles. The van der Waals surface area contributed by atoms with Crippen LogP contribution in [0, 0.1) is 6.92 Å². The molecule has 0 radical (unpaired) electrons. The van der Waals surface area contributed by atoms with Crippen molar-refractivity contribution in [3.8, 4) is 11.5 Å². The van der Waals surface area contributed by atoms with Crippen molar-refractivity contribution in [3.63, 3.8) is 0 Å². The van der Waals surface area contributed by atoms with Gasteiger partial charge in [0.05, 0.1) is 0 Å². The Hall–Kier alpha value is -1.75. The molecule has 17 heavy (non-hydrogen) atoms. The molecule has 1 aromatic heterocycles. The number of nitrogen functional groups attached to an aromatic ring is 1. The summed E-state index contributed by atoms with van der Waals surface area (Å²) in [6.07, 6.45) is -0.161. The average Bonchev–Trinajstić information content (AvgIpc) is 2.69. The van der Waals surface area contributed by atoms with E-state index in [2.05, 4.69) is 4.98 Å². The quantitative estimate of drug-likeness (QED) is 0.842. The summed E-state index contributed by atoms with van der Waals surface area (Å²) in [6, 6.07) is 7.64. The van der Waals surface area contributed by atoms with E-state index in [0.29, 0.717) is 12.4 Å². The highest BCUT2D eigenvalue weighted by molar-refractivity contribution is 7.12. The fraction of sp³-hybridized carbons (Fsp3) is 0.250. The van der Waals surface area contributed by atoms with Crippen LogP contribution < -0.4 is 15.2 Å². The maximum Gasteiger partial charge on any atom is 0.184 e. The SMILES string of the molecule is Cc1sc(C2COc3ccccc3O2)nc1N. The van der Waals surface area contributed by atoms with Gasteiger partial charge in [-0.2, -0.15) is 0 Å². The first kappa shape index (κ1) is 10.4. The van der Waals surface area contributed by atoms with E-state index in [0.717, 1.165) is 21.4 Å². The summed E-state index contributed by atoms with van der Waals surface area (Å²) in [5.41, 5.74) is 5.74.